The number of carbonyl (C=O) groups is 1. The second-order valence-corrected chi connectivity index (χ2v) is 5.96. The lowest BCUT2D eigenvalue weighted by Gasteiger charge is -2.35. The van der Waals surface area contributed by atoms with Gasteiger partial charge >= 0.3 is 0 Å². The van der Waals surface area contributed by atoms with Gasteiger partial charge in [-0.05, 0) is 11.6 Å². The van der Waals surface area contributed by atoms with Crippen LogP contribution >= 0.6 is 0 Å². The van der Waals surface area contributed by atoms with Gasteiger partial charge in [-0.1, -0.05) is 78.9 Å². The van der Waals surface area contributed by atoms with Crippen LogP contribution in [0.3, 0.4) is 0 Å². The minimum Gasteiger partial charge on any atom is -0.363 e. The predicted molar refractivity (Wildman–Crippen MR) is 92.2 cm³/mol. The zero-order chi connectivity index (χ0) is 16.6. The van der Waals surface area contributed by atoms with Crippen molar-refractivity contribution in [3.63, 3.8) is 0 Å². The maximum absolute atomic E-state index is 13.0. The molecule has 1 heterocycles. The number of rotatable bonds is 3. The van der Waals surface area contributed by atoms with Crippen molar-refractivity contribution in [1.29, 1.82) is 0 Å². The van der Waals surface area contributed by atoms with Gasteiger partial charge < -0.3 is 5.11 Å². The van der Waals surface area contributed by atoms with Crippen molar-refractivity contribution in [2.75, 3.05) is 0 Å². The standard InChI is InChI=1S/C21H17NO2/c23-20-18-13-7-8-14-19(18)21(24,17-11-5-2-6-12-17)22(20)15-16-9-3-1-4-10-16/h1-14,24H,15H2/t21-/m0/s1. The van der Waals surface area contributed by atoms with E-state index in [1.807, 2.05) is 78.9 Å². The van der Waals surface area contributed by atoms with Gasteiger partial charge in [0.15, 0.2) is 5.72 Å². The highest BCUT2D eigenvalue weighted by Crippen LogP contribution is 2.42. The van der Waals surface area contributed by atoms with Crippen molar-refractivity contribution in [3.05, 3.63) is 107 Å². The molecule has 0 unspecified atom stereocenters. The van der Waals surface area contributed by atoms with Gasteiger partial charge in [-0.3, -0.25) is 9.69 Å². The summed E-state index contributed by atoms with van der Waals surface area (Å²) in [4.78, 5) is 14.5. The highest BCUT2D eigenvalue weighted by Gasteiger charge is 2.49. The van der Waals surface area contributed by atoms with Crippen LogP contribution in [0.25, 0.3) is 0 Å². The zero-order valence-electron chi connectivity index (χ0n) is 13.1. The molecule has 0 spiro atoms. The monoisotopic (exact) mass is 315 g/mol. The molecule has 3 heteroatoms. The predicted octanol–water partition coefficient (Wildman–Crippen LogP) is 3.54. The molecule has 0 aromatic heterocycles. The molecule has 0 radical (unpaired) electrons. The Bertz CT molecular complexity index is 877. The molecule has 1 amide bonds. The third kappa shape index (κ3) is 2.14. The van der Waals surface area contributed by atoms with Crippen molar-refractivity contribution < 1.29 is 9.90 Å². The summed E-state index contributed by atoms with van der Waals surface area (Å²) in [6.07, 6.45) is 0. The van der Waals surface area contributed by atoms with E-state index in [9.17, 15) is 9.90 Å². The molecule has 3 nitrogen and oxygen atoms in total. The topological polar surface area (TPSA) is 40.5 Å². The number of hydrogen-bond acceptors (Lipinski definition) is 2. The summed E-state index contributed by atoms with van der Waals surface area (Å²) >= 11 is 0. The average Bonchev–Trinajstić information content (AvgIpc) is 2.87. The van der Waals surface area contributed by atoms with Crippen LogP contribution < -0.4 is 0 Å². The first-order valence-corrected chi connectivity index (χ1v) is 7.94. The molecule has 0 saturated carbocycles. The van der Waals surface area contributed by atoms with Crippen molar-refractivity contribution in [2.24, 2.45) is 0 Å². The van der Waals surface area contributed by atoms with E-state index in [4.69, 9.17) is 0 Å². The number of benzene rings is 3. The first-order chi connectivity index (χ1) is 11.7. The first kappa shape index (κ1) is 14.7. The van der Waals surface area contributed by atoms with Crippen LogP contribution in [0.4, 0.5) is 0 Å². The van der Waals surface area contributed by atoms with E-state index in [1.165, 1.54) is 0 Å². The molecule has 1 aliphatic rings. The number of aliphatic hydroxyl groups is 1. The molecule has 118 valence electrons. The maximum Gasteiger partial charge on any atom is 0.257 e. The molecule has 4 rings (SSSR count). The average molecular weight is 315 g/mol. The van der Waals surface area contributed by atoms with E-state index in [1.54, 1.807) is 11.0 Å². The molecule has 3 aromatic carbocycles. The smallest absolute Gasteiger partial charge is 0.257 e. The summed E-state index contributed by atoms with van der Waals surface area (Å²) in [5, 5.41) is 11.6. The Labute approximate surface area is 140 Å². The molecule has 0 saturated heterocycles. The summed E-state index contributed by atoms with van der Waals surface area (Å²) in [5.74, 6) is -0.152. The van der Waals surface area contributed by atoms with E-state index in [0.717, 1.165) is 5.56 Å². The molecular weight excluding hydrogens is 298 g/mol. The van der Waals surface area contributed by atoms with E-state index < -0.39 is 5.72 Å². The number of carbonyl (C=O) groups excluding carboxylic acids is 1. The zero-order valence-corrected chi connectivity index (χ0v) is 13.1. The lowest BCUT2D eigenvalue weighted by molar-refractivity contribution is -0.0542. The van der Waals surface area contributed by atoms with Gasteiger partial charge in [0, 0.05) is 23.2 Å². The van der Waals surface area contributed by atoms with Crippen LogP contribution in [-0.2, 0) is 12.3 Å². The van der Waals surface area contributed by atoms with Crippen LogP contribution in [-0.4, -0.2) is 15.9 Å². The van der Waals surface area contributed by atoms with Crippen LogP contribution in [0.5, 0.6) is 0 Å². The van der Waals surface area contributed by atoms with Crippen LogP contribution in [0.2, 0.25) is 0 Å². The largest absolute Gasteiger partial charge is 0.363 e. The SMILES string of the molecule is O=C1c2ccccc2[C@@](O)(c2ccccc2)N1Cc1ccccc1. The summed E-state index contributed by atoms with van der Waals surface area (Å²) in [6.45, 7) is 0.347. The second kappa shape index (κ2) is 5.62. The highest BCUT2D eigenvalue weighted by atomic mass is 16.3. The lowest BCUT2D eigenvalue weighted by Crippen LogP contribution is -2.44. The highest BCUT2D eigenvalue weighted by molar-refractivity contribution is 6.00. The molecule has 1 N–H and O–H groups in total. The van der Waals surface area contributed by atoms with Crippen molar-refractivity contribution in [2.45, 2.75) is 12.3 Å². The Kier molecular flexibility index (Phi) is 3.44. The van der Waals surface area contributed by atoms with E-state index in [-0.39, 0.29) is 5.91 Å². The molecule has 0 bridgehead atoms. The number of fused-ring (bicyclic) bond motifs is 1. The molecule has 3 aromatic rings. The fourth-order valence-electron chi connectivity index (χ4n) is 3.35. The van der Waals surface area contributed by atoms with Gasteiger partial charge in [0.05, 0.1) is 0 Å². The van der Waals surface area contributed by atoms with Gasteiger partial charge in [-0.15, -0.1) is 0 Å². The minimum atomic E-state index is -1.45. The normalized spacial score (nSPS) is 19.4. The van der Waals surface area contributed by atoms with E-state index in [2.05, 4.69) is 0 Å². The van der Waals surface area contributed by atoms with Crippen LogP contribution in [0.15, 0.2) is 84.9 Å². The Morgan fingerprint density at radius 3 is 2.08 bits per heavy atom. The van der Waals surface area contributed by atoms with Gasteiger partial charge in [0.2, 0.25) is 0 Å². The van der Waals surface area contributed by atoms with Gasteiger partial charge in [0.1, 0.15) is 0 Å². The molecule has 1 atom stereocenters. The molecule has 0 fully saturated rings. The third-order valence-electron chi connectivity index (χ3n) is 4.53. The van der Waals surface area contributed by atoms with Crippen LogP contribution in [0, 0.1) is 0 Å². The maximum atomic E-state index is 13.0. The van der Waals surface area contributed by atoms with E-state index in [0.29, 0.717) is 23.2 Å². The Morgan fingerprint density at radius 1 is 0.792 bits per heavy atom. The minimum absolute atomic E-state index is 0.152. The fraction of sp³-hybridized carbons (Fsp3) is 0.0952. The molecule has 0 aliphatic carbocycles. The summed E-state index contributed by atoms with van der Waals surface area (Å²) < 4.78 is 0. The van der Waals surface area contributed by atoms with Crippen molar-refractivity contribution >= 4 is 5.91 Å². The molecule has 1 aliphatic heterocycles. The lowest BCUT2D eigenvalue weighted by atomic mass is 9.93. The Morgan fingerprint density at radius 2 is 1.38 bits per heavy atom. The van der Waals surface area contributed by atoms with Gasteiger partial charge in [-0.25, -0.2) is 0 Å². The van der Waals surface area contributed by atoms with Crippen molar-refractivity contribution in [1.82, 2.24) is 4.90 Å². The number of hydrogen-bond donors (Lipinski definition) is 1. The van der Waals surface area contributed by atoms with Gasteiger partial charge in [-0.2, -0.15) is 0 Å². The quantitative estimate of drug-likeness (QED) is 0.803. The number of nitrogens with zero attached hydrogens (tertiary/aromatic N) is 1. The Hall–Kier alpha value is -2.91. The van der Waals surface area contributed by atoms with E-state index >= 15 is 0 Å². The first-order valence-electron chi connectivity index (χ1n) is 7.94. The number of amides is 1. The molecular formula is C21H17NO2. The Balaban J connectivity index is 1.87. The van der Waals surface area contributed by atoms with Crippen molar-refractivity contribution in [3.8, 4) is 0 Å². The summed E-state index contributed by atoms with van der Waals surface area (Å²) in [6, 6.07) is 26.4. The second-order valence-electron chi connectivity index (χ2n) is 5.96. The summed E-state index contributed by atoms with van der Waals surface area (Å²) in [5.41, 5.74) is 1.41. The van der Waals surface area contributed by atoms with Gasteiger partial charge in [0.25, 0.3) is 5.91 Å². The fourth-order valence-corrected chi connectivity index (χ4v) is 3.35. The third-order valence-corrected chi connectivity index (χ3v) is 4.53. The molecule has 24 heavy (non-hydrogen) atoms. The summed E-state index contributed by atoms with van der Waals surface area (Å²) in [7, 11) is 0. The van der Waals surface area contributed by atoms with Crippen LogP contribution in [0.1, 0.15) is 27.0 Å².